The van der Waals surface area contributed by atoms with E-state index in [4.69, 9.17) is 0 Å². The number of hydrogen-bond acceptors (Lipinski definition) is 4. The summed E-state index contributed by atoms with van der Waals surface area (Å²) < 4.78 is 15.2. The molecule has 0 aliphatic heterocycles. The van der Waals surface area contributed by atoms with Crippen LogP contribution in [0.3, 0.4) is 0 Å². The number of rotatable bonds is 4. The minimum Gasteiger partial charge on any atom is -0.230 e. The van der Waals surface area contributed by atoms with Crippen LogP contribution in [0.25, 0.3) is 5.82 Å². The SMILES string of the molecule is Cc1nn(-c2cc(SCc3cccc(F)c3)ncn2)c2c1CCC2. The first-order valence-electron chi connectivity index (χ1n) is 7.98. The maximum Gasteiger partial charge on any atom is 0.158 e. The molecule has 24 heavy (non-hydrogen) atoms. The number of fused-ring (bicyclic) bond motifs is 1. The van der Waals surface area contributed by atoms with Gasteiger partial charge in [-0.2, -0.15) is 5.10 Å². The second kappa shape index (κ2) is 6.36. The van der Waals surface area contributed by atoms with Gasteiger partial charge in [-0.15, -0.1) is 11.8 Å². The van der Waals surface area contributed by atoms with Crippen molar-refractivity contribution in [2.24, 2.45) is 0 Å². The zero-order valence-corrected chi connectivity index (χ0v) is 14.2. The van der Waals surface area contributed by atoms with E-state index in [2.05, 4.69) is 22.0 Å². The number of halogens is 1. The minimum atomic E-state index is -0.209. The summed E-state index contributed by atoms with van der Waals surface area (Å²) in [6.07, 6.45) is 4.90. The van der Waals surface area contributed by atoms with Crippen molar-refractivity contribution in [3.63, 3.8) is 0 Å². The Hall–Kier alpha value is -2.21. The van der Waals surface area contributed by atoms with E-state index in [1.165, 1.54) is 23.7 Å². The van der Waals surface area contributed by atoms with Crippen LogP contribution in [-0.4, -0.2) is 19.7 Å². The summed E-state index contributed by atoms with van der Waals surface area (Å²) in [5, 5.41) is 5.51. The molecule has 0 unspecified atom stereocenters. The summed E-state index contributed by atoms with van der Waals surface area (Å²) in [5.41, 5.74) is 4.67. The lowest BCUT2D eigenvalue weighted by molar-refractivity contribution is 0.626. The van der Waals surface area contributed by atoms with Crippen LogP contribution in [0.1, 0.15) is 28.9 Å². The fourth-order valence-corrected chi connectivity index (χ4v) is 3.92. The van der Waals surface area contributed by atoms with Crippen LogP contribution in [0.4, 0.5) is 4.39 Å². The topological polar surface area (TPSA) is 43.6 Å². The molecule has 0 radical (unpaired) electrons. The standard InChI is InChI=1S/C18H17FN4S/c1-12-15-6-3-7-16(15)23(22-12)17-9-18(21-11-20-17)24-10-13-4-2-5-14(19)8-13/h2,4-5,8-9,11H,3,6-7,10H2,1H3. The van der Waals surface area contributed by atoms with E-state index in [-0.39, 0.29) is 5.82 Å². The molecule has 0 saturated heterocycles. The molecule has 1 aliphatic carbocycles. The van der Waals surface area contributed by atoms with Gasteiger partial charge in [0.25, 0.3) is 0 Å². The molecule has 0 N–H and O–H groups in total. The van der Waals surface area contributed by atoms with E-state index in [0.29, 0.717) is 5.75 Å². The van der Waals surface area contributed by atoms with Gasteiger partial charge in [-0.3, -0.25) is 0 Å². The number of hydrogen-bond donors (Lipinski definition) is 0. The highest BCUT2D eigenvalue weighted by atomic mass is 32.2. The largest absolute Gasteiger partial charge is 0.230 e. The molecule has 1 aromatic carbocycles. The summed E-state index contributed by atoms with van der Waals surface area (Å²) in [6, 6.07) is 8.61. The Bertz CT molecular complexity index is 890. The molecule has 6 heteroatoms. The Morgan fingerprint density at radius 3 is 3.00 bits per heavy atom. The van der Waals surface area contributed by atoms with Crippen molar-refractivity contribution in [3.8, 4) is 5.82 Å². The molecule has 4 rings (SSSR count). The van der Waals surface area contributed by atoms with E-state index in [1.54, 1.807) is 30.2 Å². The molecule has 122 valence electrons. The molecule has 1 aliphatic rings. The Morgan fingerprint density at radius 2 is 2.12 bits per heavy atom. The average molecular weight is 340 g/mol. The van der Waals surface area contributed by atoms with Crippen molar-refractivity contribution in [1.29, 1.82) is 0 Å². The molecule has 3 aromatic rings. The Kier molecular flexibility index (Phi) is 4.06. The fourth-order valence-electron chi connectivity index (χ4n) is 3.12. The van der Waals surface area contributed by atoms with Crippen molar-refractivity contribution in [2.75, 3.05) is 0 Å². The third kappa shape index (κ3) is 2.94. The highest BCUT2D eigenvalue weighted by Gasteiger charge is 2.21. The van der Waals surface area contributed by atoms with Gasteiger partial charge in [-0.05, 0) is 49.4 Å². The van der Waals surface area contributed by atoms with Crippen LogP contribution in [0.5, 0.6) is 0 Å². The molecule has 0 saturated carbocycles. The minimum absolute atomic E-state index is 0.209. The molecule has 2 aromatic heterocycles. The highest BCUT2D eigenvalue weighted by molar-refractivity contribution is 7.98. The van der Waals surface area contributed by atoms with Crippen molar-refractivity contribution in [2.45, 2.75) is 37.0 Å². The van der Waals surface area contributed by atoms with Crippen LogP contribution in [0, 0.1) is 12.7 Å². The Morgan fingerprint density at radius 1 is 1.21 bits per heavy atom. The number of aryl methyl sites for hydroxylation is 1. The number of aromatic nitrogens is 4. The number of nitrogens with zero attached hydrogens (tertiary/aromatic N) is 4. The van der Waals surface area contributed by atoms with Gasteiger partial charge in [0.15, 0.2) is 5.82 Å². The van der Waals surface area contributed by atoms with E-state index < -0.39 is 0 Å². The van der Waals surface area contributed by atoms with E-state index in [9.17, 15) is 4.39 Å². The molecule has 0 spiro atoms. The molecule has 0 amide bonds. The van der Waals surface area contributed by atoms with Crippen LogP contribution in [-0.2, 0) is 18.6 Å². The third-order valence-corrected chi connectivity index (χ3v) is 5.25. The summed E-state index contributed by atoms with van der Waals surface area (Å²) in [6.45, 7) is 2.06. The highest BCUT2D eigenvalue weighted by Crippen LogP contribution is 2.28. The lowest BCUT2D eigenvalue weighted by Crippen LogP contribution is -2.04. The third-order valence-electron chi connectivity index (χ3n) is 4.25. The number of benzene rings is 1. The monoisotopic (exact) mass is 340 g/mol. The smallest absolute Gasteiger partial charge is 0.158 e. The van der Waals surface area contributed by atoms with Gasteiger partial charge in [0.05, 0.1) is 5.69 Å². The van der Waals surface area contributed by atoms with Crippen molar-refractivity contribution < 1.29 is 4.39 Å². The van der Waals surface area contributed by atoms with E-state index >= 15 is 0 Å². The quantitative estimate of drug-likeness (QED) is 0.534. The van der Waals surface area contributed by atoms with Gasteiger partial charge >= 0.3 is 0 Å². The predicted octanol–water partition coefficient (Wildman–Crippen LogP) is 3.89. The average Bonchev–Trinajstić information content (AvgIpc) is 3.18. The predicted molar refractivity (Wildman–Crippen MR) is 91.9 cm³/mol. The molecular weight excluding hydrogens is 323 g/mol. The van der Waals surface area contributed by atoms with Gasteiger partial charge in [-0.25, -0.2) is 19.0 Å². The molecule has 4 nitrogen and oxygen atoms in total. The first-order chi connectivity index (χ1) is 11.7. The molecule has 0 bridgehead atoms. The Balaban J connectivity index is 1.57. The first kappa shape index (κ1) is 15.3. The van der Waals surface area contributed by atoms with Crippen LogP contribution < -0.4 is 0 Å². The van der Waals surface area contributed by atoms with Gasteiger partial charge < -0.3 is 0 Å². The van der Waals surface area contributed by atoms with E-state index in [1.807, 2.05) is 16.8 Å². The van der Waals surface area contributed by atoms with Crippen molar-refractivity contribution in [3.05, 3.63) is 65.0 Å². The second-order valence-corrected chi connectivity index (χ2v) is 6.90. The summed E-state index contributed by atoms with van der Waals surface area (Å²) >= 11 is 1.57. The maximum absolute atomic E-state index is 13.3. The second-order valence-electron chi connectivity index (χ2n) is 5.91. The van der Waals surface area contributed by atoms with Crippen molar-refractivity contribution >= 4 is 11.8 Å². The lowest BCUT2D eigenvalue weighted by atomic mass is 10.2. The first-order valence-corrected chi connectivity index (χ1v) is 8.96. The van der Waals surface area contributed by atoms with Crippen LogP contribution >= 0.6 is 11.8 Å². The normalized spacial score (nSPS) is 13.2. The fraction of sp³-hybridized carbons (Fsp3) is 0.278. The number of thioether (sulfide) groups is 1. The Labute approximate surface area is 144 Å². The van der Waals surface area contributed by atoms with Gasteiger partial charge in [-0.1, -0.05) is 12.1 Å². The van der Waals surface area contributed by atoms with Crippen molar-refractivity contribution in [1.82, 2.24) is 19.7 Å². The van der Waals surface area contributed by atoms with Gasteiger partial charge in [0.2, 0.25) is 0 Å². The molecule has 2 heterocycles. The summed E-state index contributed by atoms with van der Waals surface area (Å²) in [5.74, 6) is 1.27. The van der Waals surface area contributed by atoms with Crippen LogP contribution in [0.15, 0.2) is 41.7 Å². The molecule has 0 fully saturated rings. The van der Waals surface area contributed by atoms with Crippen LogP contribution in [0.2, 0.25) is 0 Å². The summed E-state index contributed by atoms with van der Waals surface area (Å²) in [4.78, 5) is 8.71. The van der Waals surface area contributed by atoms with Gasteiger partial charge in [0, 0.05) is 17.5 Å². The zero-order chi connectivity index (χ0) is 16.5. The molecular formula is C18H17FN4S. The lowest BCUT2D eigenvalue weighted by Gasteiger charge is -2.06. The molecule has 0 atom stereocenters. The summed E-state index contributed by atoms with van der Waals surface area (Å²) in [7, 11) is 0. The zero-order valence-electron chi connectivity index (χ0n) is 13.4. The maximum atomic E-state index is 13.3. The van der Waals surface area contributed by atoms with E-state index in [0.717, 1.165) is 34.9 Å². The van der Waals surface area contributed by atoms with Gasteiger partial charge in [0.1, 0.15) is 17.2 Å².